The molecule has 0 radical (unpaired) electrons. The predicted molar refractivity (Wildman–Crippen MR) is 53.8 cm³/mol. The standard InChI is InChI=1S/C8H5BrF2N4/c9-4-2-6(11)5(10)1-3(4)7-13-8(12)15-14-7/h1-2H,(H3,12,13,14,15). The lowest BCUT2D eigenvalue weighted by molar-refractivity contribution is 0.508. The highest BCUT2D eigenvalue weighted by Crippen LogP contribution is 2.28. The Morgan fingerprint density at radius 2 is 1.93 bits per heavy atom. The Morgan fingerprint density at radius 3 is 2.53 bits per heavy atom. The molecule has 1 heterocycles. The average Bonchev–Trinajstić information content (AvgIpc) is 2.58. The van der Waals surface area contributed by atoms with Gasteiger partial charge in [0.25, 0.3) is 0 Å². The number of anilines is 1. The van der Waals surface area contributed by atoms with Crippen molar-refractivity contribution >= 4 is 21.9 Å². The summed E-state index contributed by atoms with van der Waals surface area (Å²) in [6, 6.07) is 2.03. The molecule has 15 heavy (non-hydrogen) atoms. The number of H-pyrrole nitrogens is 1. The number of benzene rings is 1. The quantitative estimate of drug-likeness (QED) is 0.783. The first kappa shape index (κ1) is 10.0. The van der Waals surface area contributed by atoms with E-state index in [-0.39, 0.29) is 11.8 Å². The lowest BCUT2D eigenvalue weighted by atomic mass is 10.2. The van der Waals surface area contributed by atoms with Crippen LogP contribution in [0.25, 0.3) is 11.4 Å². The number of nitrogens with one attached hydrogen (secondary N) is 1. The van der Waals surface area contributed by atoms with Crippen LogP contribution in [-0.4, -0.2) is 15.2 Å². The number of rotatable bonds is 1. The lowest BCUT2D eigenvalue weighted by Gasteiger charge is -2.01. The van der Waals surface area contributed by atoms with E-state index in [2.05, 4.69) is 31.1 Å². The number of aromatic amines is 1. The van der Waals surface area contributed by atoms with Crippen LogP contribution >= 0.6 is 15.9 Å². The first-order valence-electron chi connectivity index (χ1n) is 3.90. The largest absolute Gasteiger partial charge is 0.366 e. The summed E-state index contributed by atoms with van der Waals surface area (Å²) in [5, 5.41) is 6.09. The summed E-state index contributed by atoms with van der Waals surface area (Å²) in [7, 11) is 0. The molecular formula is C8H5BrF2N4. The van der Waals surface area contributed by atoms with Crippen LogP contribution in [0.5, 0.6) is 0 Å². The molecule has 0 saturated carbocycles. The lowest BCUT2D eigenvalue weighted by Crippen LogP contribution is -1.90. The second-order valence-corrected chi connectivity index (χ2v) is 3.64. The monoisotopic (exact) mass is 274 g/mol. The van der Waals surface area contributed by atoms with Gasteiger partial charge in [0.2, 0.25) is 5.95 Å². The molecule has 7 heteroatoms. The fourth-order valence-electron chi connectivity index (χ4n) is 1.10. The molecule has 1 aromatic carbocycles. The van der Waals surface area contributed by atoms with Crippen molar-refractivity contribution in [2.45, 2.75) is 0 Å². The molecule has 0 unspecified atom stereocenters. The maximum absolute atomic E-state index is 13.0. The molecule has 0 bridgehead atoms. The van der Waals surface area contributed by atoms with Gasteiger partial charge in [0.15, 0.2) is 17.5 Å². The number of aromatic nitrogens is 3. The zero-order valence-corrected chi connectivity index (χ0v) is 8.85. The van der Waals surface area contributed by atoms with Crippen LogP contribution in [0.2, 0.25) is 0 Å². The maximum atomic E-state index is 13.0. The topological polar surface area (TPSA) is 67.6 Å². The van der Waals surface area contributed by atoms with Gasteiger partial charge in [-0.05, 0) is 28.1 Å². The van der Waals surface area contributed by atoms with Crippen LogP contribution in [-0.2, 0) is 0 Å². The van der Waals surface area contributed by atoms with Crippen molar-refractivity contribution < 1.29 is 8.78 Å². The first-order valence-corrected chi connectivity index (χ1v) is 4.70. The third-order valence-corrected chi connectivity index (χ3v) is 2.42. The molecule has 0 aliphatic rings. The zero-order valence-electron chi connectivity index (χ0n) is 7.26. The van der Waals surface area contributed by atoms with E-state index in [0.29, 0.717) is 10.0 Å². The minimum absolute atomic E-state index is 0.0432. The third kappa shape index (κ3) is 1.82. The number of hydrogen-bond donors (Lipinski definition) is 2. The van der Waals surface area contributed by atoms with Gasteiger partial charge in [-0.25, -0.2) is 8.78 Å². The Balaban J connectivity index is 2.58. The second kappa shape index (κ2) is 3.58. The minimum Gasteiger partial charge on any atom is -0.366 e. The van der Waals surface area contributed by atoms with Gasteiger partial charge in [-0.15, -0.1) is 5.10 Å². The van der Waals surface area contributed by atoms with Crippen molar-refractivity contribution in [3.63, 3.8) is 0 Å². The van der Waals surface area contributed by atoms with Gasteiger partial charge in [0.05, 0.1) is 0 Å². The van der Waals surface area contributed by atoms with Gasteiger partial charge in [0, 0.05) is 10.0 Å². The molecule has 1 aromatic heterocycles. The van der Waals surface area contributed by atoms with Crippen LogP contribution < -0.4 is 5.73 Å². The smallest absolute Gasteiger partial charge is 0.239 e. The van der Waals surface area contributed by atoms with Crippen LogP contribution in [0, 0.1) is 11.6 Å². The van der Waals surface area contributed by atoms with E-state index in [1.165, 1.54) is 0 Å². The Bertz CT molecular complexity index is 511. The van der Waals surface area contributed by atoms with Crippen molar-refractivity contribution in [2.24, 2.45) is 0 Å². The van der Waals surface area contributed by atoms with Crippen molar-refractivity contribution in [3.05, 3.63) is 28.2 Å². The summed E-state index contributed by atoms with van der Waals surface area (Å²) in [4.78, 5) is 3.80. The van der Waals surface area contributed by atoms with Gasteiger partial charge < -0.3 is 5.73 Å². The summed E-state index contributed by atoms with van der Waals surface area (Å²) in [5.74, 6) is -1.57. The Morgan fingerprint density at radius 1 is 1.27 bits per heavy atom. The molecule has 0 saturated heterocycles. The van der Waals surface area contributed by atoms with Gasteiger partial charge in [-0.2, -0.15) is 4.98 Å². The van der Waals surface area contributed by atoms with Gasteiger partial charge in [-0.3, -0.25) is 5.10 Å². The van der Waals surface area contributed by atoms with E-state index in [1.807, 2.05) is 0 Å². The number of nitrogen functional groups attached to an aromatic ring is 1. The fraction of sp³-hybridized carbons (Fsp3) is 0. The number of hydrogen-bond acceptors (Lipinski definition) is 3. The molecule has 0 aliphatic heterocycles. The number of nitrogens with zero attached hydrogens (tertiary/aromatic N) is 2. The summed E-state index contributed by atoms with van der Waals surface area (Å²) in [6.07, 6.45) is 0. The van der Waals surface area contributed by atoms with Crippen molar-refractivity contribution in [2.75, 3.05) is 5.73 Å². The Hall–Kier alpha value is -1.50. The molecule has 3 N–H and O–H groups in total. The van der Waals surface area contributed by atoms with Crippen molar-refractivity contribution in [3.8, 4) is 11.4 Å². The fourth-order valence-corrected chi connectivity index (χ4v) is 1.60. The summed E-state index contributed by atoms with van der Waals surface area (Å²) >= 11 is 3.09. The Kier molecular flexibility index (Phi) is 2.39. The van der Waals surface area contributed by atoms with Gasteiger partial charge in [0.1, 0.15) is 0 Å². The molecule has 78 valence electrons. The van der Waals surface area contributed by atoms with Crippen molar-refractivity contribution in [1.82, 2.24) is 15.2 Å². The molecule has 2 aromatic rings. The zero-order chi connectivity index (χ0) is 11.0. The third-order valence-electron chi connectivity index (χ3n) is 1.77. The normalized spacial score (nSPS) is 10.6. The van der Waals surface area contributed by atoms with Crippen LogP contribution in [0.3, 0.4) is 0 Å². The van der Waals surface area contributed by atoms with Crippen LogP contribution in [0.15, 0.2) is 16.6 Å². The molecule has 0 amide bonds. The number of halogens is 3. The average molecular weight is 275 g/mol. The van der Waals surface area contributed by atoms with E-state index < -0.39 is 11.6 Å². The molecule has 4 nitrogen and oxygen atoms in total. The molecule has 0 fully saturated rings. The summed E-state index contributed by atoms with van der Waals surface area (Å²) in [5.41, 5.74) is 5.66. The predicted octanol–water partition coefficient (Wildman–Crippen LogP) is 2.09. The van der Waals surface area contributed by atoms with Gasteiger partial charge in [-0.1, -0.05) is 0 Å². The SMILES string of the molecule is Nc1n[nH]c(-c2cc(F)c(F)cc2Br)n1. The first-order chi connectivity index (χ1) is 7.08. The second-order valence-electron chi connectivity index (χ2n) is 2.79. The molecule has 2 rings (SSSR count). The van der Waals surface area contributed by atoms with E-state index in [0.717, 1.165) is 12.1 Å². The Labute approximate surface area is 91.6 Å². The minimum atomic E-state index is -0.955. The highest BCUT2D eigenvalue weighted by Gasteiger charge is 2.12. The van der Waals surface area contributed by atoms with E-state index >= 15 is 0 Å². The van der Waals surface area contributed by atoms with E-state index in [4.69, 9.17) is 5.73 Å². The summed E-state index contributed by atoms with van der Waals surface area (Å²) < 4.78 is 26.1. The van der Waals surface area contributed by atoms with Crippen molar-refractivity contribution in [1.29, 1.82) is 0 Å². The van der Waals surface area contributed by atoms with E-state index in [9.17, 15) is 8.78 Å². The highest BCUT2D eigenvalue weighted by atomic mass is 79.9. The van der Waals surface area contributed by atoms with Gasteiger partial charge >= 0.3 is 0 Å². The number of nitrogens with two attached hydrogens (primary N) is 1. The molecular weight excluding hydrogens is 270 g/mol. The highest BCUT2D eigenvalue weighted by molar-refractivity contribution is 9.10. The molecule has 0 spiro atoms. The van der Waals surface area contributed by atoms with Crippen LogP contribution in [0.4, 0.5) is 14.7 Å². The van der Waals surface area contributed by atoms with E-state index in [1.54, 1.807) is 0 Å². The molecule has 0 aliphatic carbocycles. The maximum Gasteiger partial charge on any atom is 0.239 e. The summed E-state index contributed by atoms with van der Waals surface area (Å²) in [6.45, 7) is 0. The van der Waals surface area contributed by atoms with Crippen LogP contribution in [0.1, 0.15) is 0 Å². The molecule has 0 atom stereocenters.